The van der Waals surface area contributed by atoms with Gasteiger partial charge in [0.15, 0.2) is 4.34 Å². The Morgan fingerprint density at radius 3 is 3.00 bits per heavy atom. The molecule has 2 aromatic heterocycles. The first kappa shape index (κ1) is 16.3. The zero-order valence-electron chi connectivity index (χ0n) is 13.8. The van der Waals surface area contributed by atoms with Crippen LogP contribution < -0.4 is 5.73 Å². The third kappa shape index (κ3) is 3.09. The second-order valence-electron chi connectivity index (χ2n) is 5.96. The van der Waals surface area contributed by atoms with Gasteiger partial charge in [0.25, 0.3) is 0 Å². The number of likely N-dealkylation sites (tertiary alicyclic amines) is 1. The van der Waals surface area contributed by atoms with Gasteiger partial charge < -0.3 is 15.2 Å². The number of benzene rings is 1. The highest BCUT2D eigenvalue weighted by Gasteiger charge is 2.33. The Balaban J connectivity index is 1.53. The number of carbonyl (C=O) groups excluding carboxylic acids is 1. The molecule has 3 aromatic rings. The predicted octanol–water partition coefficient (Wildman–Crippen LogP) is 2.46. The Hall–Kier alpha value is -2.13. The fourth-order valence-electron chi connectivity index (χ4n) is 3.28. The second kappa shape index (κ2) is 6.64. The van der Waals surface area contributed by atoms with Crippen molar-refractivity contribution in [3.8, 4) is 0 Å². The van der Waals surface area contributed by atoms with Crippen molar-refractivity contribution < 1.29 is 4.79 Å². The van der Waals surface area contributed by atoms with E-state index in [1.54, 1.807) is 0 Å². The number of rotatable bonds is 4. The van der Waals surface area contributed by atoms with Crippen molar-refractivity contribution in [2.24, 2.45) is 7.05 Å². The van der Waals surface area contributed by atoms with Crippen molar-refractivity contribution in [1.29, 1.82) is 0 Å². The van der Waals surface area contributed by atoms with Gasteiger partial charge in [0.2, 0.25) is 11.0 Å². The number of aromatic nitrogens is 4. The summed E-state index contributed by atoms with van der Waals surface area (Å²) < 4.78 is 2.83. The lowest BCUT2D eigenvalue weighted by molar-refractivity contribution is -0.129. The van der Waals surface area contributed by atoms with Crippen molar-refractivity contribution in [3.63, 3.8) is 0 Å². The second-order valence-corrected chi connectivity index (χ2v) is 8.19. The lowest BCUT2D eigenvalue weighted by Crippen LogP contribution is -2.33. The first-order chi connectivity index (χ1) is 12.1. The molecule has 1 amide bonds. The van der Waals surface area contributed by atoms with E-state index in [-0.39, 0.29) is 11.9 Å². The third-order valence-electron chi connectivity index (χ3n) is 4.43. The number of nitrogen functional groups attached to an aromatic ring is 1. The number of carbonyl (C=O) groups is 1. The van der Waals surface area contributed by atoms with Gasteiger partial charge in [-0.25, -0.2) is 4.98 Å². The van der Waals surface area contributed by atoms with Gasteiger partial charge in [0, 0.05) is 13.6 Å². The molecular weight excluding hydrogens is 356 g/mol. The van der Waals surface area contributed by atoms with Crippen LogP contribution in [0, 0.1) is 0 Å². The highest BCUT2D eigenvalue weighted by molar-refractivity contribution is 8.01. The molecule has 25 heavy (non-hydrogen) atoms. The van der Waals surface area contributed by atoms with Crippen LogP contribution in [0.5, 0.6) is 0 Å². The Bertz CT molecular complexity index is 920. The lowest BCUT2D eigenvalue weighted by atomic mass is 10.2. The van der Waals surface area contributed by atoms with E-state index >= 15 is 0 Å². The molecule has 3 heterocycles. The number of para-hydroxylation sites is 2. The Morgan fingerprint density at radius 1 is 1.40 bits per heavy atom. The van der Waals surface area contributed by atoms with Gasteiger partial charge in [-0.15, -0.1) is 10.2 Å². The number of nitrogens with zero attached hydrogens (tertiary/aromatic N) is 5. The van der Waals surface area contributed by atoms with Crippen molar-refractivity contribution >= 4 is 45.2 Å². The number of amides is 1. The van der Waals surface area contributed by atoms with Crippen LogP contribution in [-0.4, -0.2) is 42.9 Å². The average Bonchev–Trinajstić information content (AvgIpc) is 3.32. The quantitative estimate of drug-likeness (QED) is 0.706. The summed E-state index contributed by atoms with van der Waals surface area (Å²) in [7, 11) is 2.02. The molecule has 4 rings (SSSR count). The summed E-state index contributed by atoms with van der Waals surface area (Å²) >= 11 is 2.70. The molecule has 0 radical (unpaired) electrons. The summed E-state index contributed by atoms with van der Waals surface area (Å²) in [6, 6.07) is 8.10. The van der Waals surface area contributed by atoms with Crippen LogP contribution in [0.1, 0.15) is 24.7 Å². The van der Waals surface area contributed by atoms with Crippen LogP contribution in [-0.2, 0) is 11.8 Å². The maximum absolute atomic E-state index is 12.7. The van der Waals surface area contributed by atoms with Gasteiger partial charge in [-0.2, -0.15) is 0 Å². The first-order valence-electron chi connectivity index (χ1n) is 8.06. The minimum atomic E-state index is 0.0324. The van der Waals surface area contributed by atoms with E-state index in [0.29, 0.717) is 10.9 Å². The van der Waals surface area contributed by atoms with Crippen LogP contribution in [0.25, 0.3) is 11.0 Å². The number of imidazole rings is 1. The fourth-order valence-corrected chi connectivity index (χ4v) is 4.80. The Kier molecular flexibility index (Phi) is 4.34. The van der Waals surface area contributed by atoms with Gasteiger partial charge in [0.1, 0.15) is 5.82 Å². The van der Waals surface area contributed by atoms with Crippen molar-refractivity contribution in [3.05, 3.63) is 30.1 Å². The molecule has 1 atom stereocenters. The van der Waals surface area contributed by atoms with Crippen LogP contribution in [0.4, 0.5) is 5.13 Å². The van der Waals surface area contributed by atoms with Gasteiger partial charge in [-0.3, -0.25) is 4.79 Å². The van der Waals surface area contributed by atoms with Gasteiger partial charge >= 0.3 is 0 Å². The van der Waals surface area contributed by atoms with Crippen LogP contribution in [0.15, 0.2) is 28.6 Å². The number of hydrogen-bond donors (Lipinski definition) is 1. The molecule has 1 aromatic carbocycles. The minimum absolute atomic E-state index is 0.0324. The zero-order valence-corrected chi connectivity index (χ0v) is 15.4. The number of thioether (sulfide) groups is 1. The van der Waals surface area contributed by atoms with Gasteiger partial charge in [0.05, 0.1) is 22.8 Å². The molecule has 0 aliphatic carbocycles. The maximum atomic E-state index is 12.7. The van der Waals surface area contributed by atoms with E-state index in [1.807, 2.05) is 30.1 Å². The van der Waals surface area contributed by atoms with Crippen molar-refractivity contribution in [2.75, 3.05) is 18.0 Å². The number of nitrogens with two attached hydrogens (primary N) is 1. The van der Waals surface area contributed by atoms with E-state index in [2.05, 4.69) is 20.8 Å². The normalized spacial score (nSPS) is 17.5. The molecular formula is C16H18N6OS2. The third-order valence-corrected chi connectivity index (χ3v) is 6.30. The summed E-state index contributed by atoms with van der Waals surface area (Å²) in [4.78, 5) is 19.4. The smallest absolute Gasteiger partial charge is 0.233 e. The SMILES string of the molecule is Cn1c([C@H]2CCCN2C(=O)CSc2nnc(N)s2)nc2ccccc21. The van der Waals surface area contributed by atoms with Gasteiger partial charge in [-0.05, 0) is 25.0 Å². The molecule has 9 heteroatoms. The highest BCUT2D eigenvalue weighted by atomic mass is 32.2. The van der Waals surface area contributed by atoms with Crippen LogP contribution >= 0.6 is 23.1 Å². The maximum Gasteiger partial charge on any atom is 0.233 e. The number of hydrogen-bond acceptors (Lipinski definition) is 7. The van der Waals surface area contributed by atoms with Crippen molar-refractivity contribution in [1.82, 2.24) is 24.6 Å². The summed E-state index contributed by atoms with van der Waals surface area (Å²) in [5.41, 5.74) is 7.65. The molecule has 7 nitrogen and oxygen atoms in total. The Morgan fingerprint density at radius 2 is 2.24 bits per heavy atom. The van der Waals surface area contributed by atoms with E-state index in [1.165, 1.54) is 23.1 Å². The van der Waals surface area contributed by atoms with Gasteiger partial charge in [-0.1, -0.05) is 35.2 Å². The molecule has 1 fully saturated rings. The summed E-state index contributed by atoms with van der Waals surface area (Å²) in [6.45, 7) is 0.769. The Labute approximate surface area is 153 Å². The molecule has 1 saturated heterocycles. The van der Waals surface area contributed by atoms with E-state index in [4.69, 9.17) is 10.7 Å². The number of anilines is 1. The lowest BCUT2D eigenvalue weighted by Gasteiger charge is -2.24. The molecule has 1 aliphatic heterocycles. The molecule has 2 N–H and O–H groups in total. The summed E-state index contributed by atoms with van der Waals surface area (Å²) in [5.74, 6) is 1.40. The number of fused-ring (bicyclic) bond motifs is 1. The largest absolute Gasteiger partial charge is 0.374 e. The monoisotopic (exact) mass is 374 g/mol. The minimum Gasteiger partial charge on any atom is -0.374 e. The fraction of sp³-hybridized carbons (Fsp3) is 0.375. The van der Waals surface area contributed by atoms with Crippen molar-refractivity contribution in [2.45, 2.75) is 23.2 Å². The molecule has 0 unspecified atom stereocenters. The van der Waals surface area contributed by atoms with Crippen LogP contribution in [0.3, 0.4) is 0 Å². The van der Waals surface area contributed by atoms with E-state index in [0.717, 1.165) is 40.6 Å². The molecule has 130 valence electrons. The molecule has 0 saturated carbocycles. The average molecular weight is 374 g/mol. The predicted molar refractivity (Wildman–Crippen MR) is 99.4 cm³/mol. The van der Waals surface area contributed by atoms with Crippen LogP contribution in [0.2, 0.25) is 0 Å². The summed E-state index contributed by atoms with van der Waals surface area (Å²) in [6.07, 6.45) is 1.94. The molecule has 0 spiro atoms. The van der Waals surface area contributed by atoms with E-state index < -0.39 is 0 Å². The van der Waals surface area contributed by atoms with E-state index in [9.17, 15) is 4.79 Å². The molecule has 0 bridgehead atoms. The summed E-state index contributed by atoms with van der Waals surface area (Å²) in [5, 5.41) is 8.16. The zero-order chi connectivity index (χ0) is 17.4. The topological polar surface area (TPSA) is 89.9 Å². The molecule has 1 aliphatic rings. The highest BCUT2D eigenvalue weighted by Crippen LogP contribution is 2.34. The number of aryl methyl sites for hydroxylation is 1. The standard InChI is InChI=1S/C16H18N6OS2/c1-21-11-6-3-2-5-10(11)18-14(21)12-7-4-8-22(12)13(23)9-24-16-20-19-15(17)25-16/h2-3,5-6,12H,4,7-9H2,1H3,(H2,17,19)/t12-/m1/s1. The first-order valence-corrected chi connectivity index (χ1v) is 9.86.